The third kappa shape index (κ3) is 4.81. The molecule has 0 aromatic heterocycles. The minimum atomic E-state index is 0.703. The zero-order valence-electron chi connectivity index (χ0n) is 11.9. The zero-order valence-corrected chi connectivity index (χ0v) is 13.5. The van der Waals surface area contributed by atoms with Crippen molar-refractivity contribution >= 4 is 15.9 Å². The van der Waals surface area contributed by atoms with Crippen LogP contribution in [0.1, 0.15) is 38.2 Å². The monoisotopic (exact) mass is 325 g/mol. The molecular formula is C16H24BrNO. The maximum absolute atomic E-state index is 5.48. The molecule has 1 fully saturated rings. The van der Waals surface area contributed by atoms with Crippen LogP contribution in [0.4, 0.5) is 0 Å². The molecule has 1 atom stereocenters. The van der Waals surface area contributed by atoms with E-state index in [2.05, 4.69) is 40.3 Å². The van der Waals surface area contributed by atoms with E-state index in [4.69, 9.17) is 4.74 Å². The zero-order chi connectivity index (χ0) is 13.7. The number of hydrogen-bond donors (Lipinski definition) is 1. The Hall–Kier alpha value is -0.540. The van der Waals surface area contributed by atoms with Crippen LogP contribution in [0.25, 0.3) is 0 Å². The lowest BCUT2D eigenvalue weighted by Crippen LogP contribution is -2.26. The van der Waals surface area contributed by atoms with Crippen molar-refractivity contribution in [2.45, 2.75) is 45.1 Å². The van der Waals surface area contributed by atoms with E-state index in [-0.39, 0.29) is 0 Å². The van der Waals surface area contributed by atoms with E-state index in [1.54, 1.807) is 7.11 Å². The van der Waals surface area contributed by atoms with E-state index in [9.17, 15) is 0 Å². The first-order valence-corrected chi connectivity index (χ1v) is 8.08. The Kier molecular flexibility index (Phi) is 5.71. The molecule has 1 N–H and O–H groups in total. The summed E-state index contributed by atoms with van der Waals surface area (Å²) in [5.74, 6) is 1.71. The van der Waals surface area contributed by atoms with Gasteiger partial charge in [-0.25, -0.2) is 0 Å². The van der Waals surface area contributed by atoms with Crippen molar-refractivity contribution in [2.24, 2.45) is 5.92 Å². The van der Waals surface area contributed by atoms with Crippen molar-refractivity contribution in [1.82, 2.24) is 5.32 Å². The van der Waals surface area contributed by atoms with Gasteiger partial charge < -0.3 is 10.1 Å². The van der Waals surface area contributed by atoms with Gasteiger partial charge in [0.05, 0.1) is 7.11 Å². The molecule has 0 aliphatic heterocycles. The summed E-state index contributed by atoms with van der Waals surface area (Å²) >= 11 is 3.56. The van der Waals surface area contributed by atoms with E-state index < -0.39 is 0 Å². The van der Waals surface area contributed by atoms with Crippen molar-refractivity contribution in [2.75, 3.05) is 13.7 Å². The Morgan fingerprint density at radius 3 is 2.84 bits per heavy atom. The standard InChI is InChI=1S/C16H24BrNO/c1-3-4-12(11-18-15-6-7-15)9-13-10-14(17)5-8-16(13)19-2/h5,8,10,12,15,18H,3-4,6-7,9,11H2,1-2H3. The Morgan fingerprint density at radius 2 is 2.21 bits per heavy atom. The van der Waals surface area contributed by atoms with Crippen LogP contribution in [0, 0.1) is 5.92 Å². The molecule has 3 heteroatoms. The Balaban J connectivity index is 1.99. The maximum atomic E-state index is 5.48. The van der Waals surface area contributed by atoms with E-state index in [0.29, 0.717) is 5.92 Å². The molecule has 1 aromatic rings. The first-order valence-electron chi connectivity index (χ1n) is 7.28. The first kappa shape index (κ1) is 14.9. The maximum Gasteiger partial charge on any atom is 0.122 e. The number of benzene rings is 1. The van der Waals surface area contributed by atoms with Crippen molar-refractivity contribution in [1.29, 1.82) is 0 Å². The van der Waals surface area contributed by atoms with Crippen LogP contribution in [-0.2, 0) is 6.42 Å². The SMILES string of the molecule is CCCC(CNC1CC1)Cc1cc(Br)ccc1OC. The summed E-state index contributed by atoms with van der Waals surface area (Å²) in [4.78, 5) is 0. The molecule has 2 nitrogen and oxygen atoms in total. The van der Waals surface area contributed by atoms with Gasteiger partial charge in [-0.05, 0) is 61.9 Å². The van der Waals surface area contributed by atoms with Gasteiger partial charge in [-0.1, -0.05) is 29.3 Å². The minimum Gasteiger partial charge on any atom is -0.496 e. The fraction of sp³-hybridized carbons (Fsp3) is 0.625. The molecule has 1 aromatic carbocycles. The van der Waals surface area contributed by atoms with Crippen LogP contribution in [0.15, 0.2) is 22.7 Å². The molecule has 106 valence electrons. The van der Waals surface area contributed by atoms with Gasteiger partial charge in [-0.2, -0.15) is 0 Å². The Bertz CT molecular complexity index is 404. The summed E-state index contributed by atoms with van der Waals surface area (Å²) in [6.07, 6.45) is 6.33. The highest BCUT2D eigenvalue weighted by atomic mass is 79.9. The van der Waals surface area contributed by atoms with Gasteiger partial charge in [0, 0.05) is 10.5 Å². The van der Waals surface area contributed by atoms with Gasteiger partial charge in [0.25, 0.3) is 0 Å². The molecule has 0 heterocycles. The predicted octanol–water partition coefficient (Wildman–Crippen LogP) is 4.17. The van der Waals surface area contributed by atoms with Crippen molar-refractivity contribution in [3.63, 3.8) is 0 Å². The number of methoxy groups -OCH3 is 1. The summed E-state index contributed by atoms with van der Waals surface area (Å²) < 4.78 is 6.61. The minimum absolute atomic E-state index is 0.703. The molecule has 2 rings (SSSR count). The topological polar surface area (TPSA) is 21.3 Å². The molecule has 1 unspecified atom stereocenters. The molecule has 1 aliphatic rings. The number of ether oxygens (including phenoxy) is 1. The lowest BCUT2D eigenvalue weighted by molar-refractivity contribution is 0.394. The van der Waals surface area contributed by atoms with Crippen LogP contribution < -0.4 is 10.1 Å². The van der Waals surface area contributed by atoms with Crippen LogP contribution in [0.3, 0.4) is 0 Å². The number of hydrogen-bond acceptors (Lipinski definition) is 2. The Labute approximate surface area is 125 Å². The van der Waals surface area contributed by atoms with Gasteiger partial charge in [-0.15, -0.1) is 0 Å². The normalized spacial score (nSPS) is 16.4. The van der Waals surface area contributed by atoms with Crippen molar-refractivity contribution in [3.8, 4) is 5.75 Å². The van der Waals surface area contributed by atoms with Crippen molar-refractivity contribution < 1.29 is 4.74 Å². The highest BCUT2D eigenvalue weighted by Gasteiger charge is 2.22. The third-order valence-electron chi connectivity index (χ3n) is 3.72. The molecule has 1 saturated carbocycles. The van der Waals surface area contributed by atoms with Crippen LogP contribution in [-0.4, -0.2) is 19.7 Å². The highest BCUT2D eigenvalue weighted by Crippen LogP contribution is 2.27. The van der Waals surface area contributed by atoms with Crippen LogP contribution >= 0.6 is 15.9 Å². The highest BCUT2D eigenvalue weighted by molar-refractivity contribution is 9.10. The summed E-state index contributed by atoms with van der Waals surface area (Å²) in [6, 6.07) is 7.08. The van der Waals surface area contributed by atoms with Gasteiger partial charge >= 0.3 is 0 Å². The van der Waals surface area contributed by atoms with Gasteiger partial charge in [0.15, 0.2) is 0 Å². The summed E-state index contributed by atoms with van der Waals surface area (Å²) in [5, 5.41) is 3.66. The Morgan fingerprint density at radius 1 is 1.42 bits per heavy atom. The van der Waals surface area contributed by atoms with Crippen molar-refractivity contribution in [3.05, 3.63) is 28.2 Å². The quantitative estimate of drug-likeness (QED) is 0.774. The largest absolute Gasteiger partial charge is 0.496 e. The lowest BCUT2D eigenvalue weighted by Gasteiger charge is -2.18. The second kappa shape index (κ2) is 7.30. The fourth-order valence-electron chi connectivity index (χ4n) is 2.52. The average Bonchev–Trinajstić information content (AvgIpc) is 3.20. The molecule has 0 amide bonds. The molecule has 1 aliphatic carbocycles. The summed E-state index contributed by atoms with van der Waals surface area (Å²) in [6.45, 7) is 3.40. The molecule has 0 saturated heterocycles. The first-order chi connectivity index (χ1) is 9.22. The number of rotatable bonds is 8. The molecule has 0 radical (unpaired) electrons. The fourth-order valence-corrected chi connectivity index (χ4v) is 2.93. The molecular weight excluding hydrogens is 302 g/mol. The van der Waals surface area contributed by atoms with E-state index in [0.717, 1.165) is 29.2 Å². The average molecular weight is 326 g/mol. The summed E-state index contributed by atoms with van der Waals surface area (Å²) in [5.41, 5.74) is 1.31. The van der Waals surface area contributed by atoms with Crippen LogP contribution in [0.2, 0.25) is 0 Å². The van der Waals surface area contributed by atoms with Gasteiger partial charge in [0.2, 0.25) is 0 Å². The molecule has 0 bridgehead atoms. The molecule has 0 spiro atoms. The second-order valence-electron chi connectivity index (χ2n) is 5.50. The second-order valence-corrected chi connectivity index (χ2v) is 6.41. The predicted molar refractivity (Wildman–Crippen MR) is 83.8 cm³/mol. The van der Waals surface area contributed by atoms with Gasteiger partial charge in [-0.3, -0.25) is 0 Å². The van der Waals surface area contributed by atoms with Crippen LogP contribution in [0.5, 0.6) is 5.75 Å². The third-order valence-corrected chi connectivity index (χ3v) is 4.21. The van der Waals surface area contributed by atoms with E-state index in [1.165, 1.54) is 31.2 Å². The smallest absolute Gasteiger partial charge is 0.122 e. The van der Waals surface area contributed by atoms with E-state index >= 15 is 0 Å². The number of halogens is 1. The number of nitrogens with one attached hydrogen (secondary N) is 1. The van der Waals surface area contributed by atoms with E-state index in [1.807, 2.05) is 6.07 Å². The summed E-state index contributed by atoms with van der Waals surface area (Å²) in [7, 11) is 1.75. The lowest BCUT2D eigenvalue weighted by atomic mass is 9.94. The molecule has 19 heavy (non-hydrogen) atoms. The van der Waals surface area contributed by atoms with Gasteiger partial charge in [0.1, 0.15) is 5.75 Å².